The number of nitrogens with one attached hydrogen (secondary N) is 2. The highest BCUT2D eigenvalue weighted by Crippen LogP contribution is 2.25. The molecule has 3 rings (SSSR count). The summed E-state index contributed by atoms with van der Waals surface area (Å²) < 4.78 is 33.0. The van der Waals surface area contributed by atoms with Gasteiger partial charge in [-0.1, -0.05) is 36.7 Å². The van der Waals surface area contributed by atoms with E-state index < -0.39 is 16.1 Å². The van der Waals surface area contributed by atoms with Crippen molar-refractivity contribution in [1.82, 2.24) is 4.98 Å². The molecule has 0 saturated carbocycles. The van der Waals surface area contributed by atoms with Crippen LogP contribution in [0.1, 0.15) is 13.3 Å². The second kappa shape index (κ2) is 9.60. The van der Waals surface area contributed by atoms with Gasteiger partial charge in [0.1, 0.15) is 11.6 Å². The predicted octanol–water partition coefficient (Wildman–Crippen LogP) is 4.33. The maximum atomic E-state index is 12.6. The van der Waals surface area contributed by atoms with Crippen LogP contribution < -0.4 is 14.8 Å². The number of carbonyl (C=O) groups is 1. The van der Waals surface area contributed by atoms with Crippen molar-refractivity contribution >= 4 is 39.0 Å². The molecule has 0 aliphatic carbocycles. The zero-order valence-corrected chi connectivity index (χ0v) is 17.7. The van der Waals surface area contributed by atoms with Crippen molar-refractivity contribution in [2.24, 2.45) is 0 Å². The predicted molar refractivity (Wildman–Crippen MR) is 116 cm³/mol. The maximum absolute atomic E-state index is 12.6. The van der Waals surface area contributed by atoms with E-state index in [1.165, 1.54) is 30.5 Å². The summed E-state index contributed by atoms with van der Waals surface area (Å²) in [5.41, 5.74) is 0.443. The topological polar surface area (TPSA) is 97.4 Å². The average molecular weight is 446 g/mol. The van der Waals surface area contributed by atoms with Gasteiger partial charge < -0.3 is 10.1 Å². The van der Waals surface area contributed by atoms with Gasteiger partial charge in [-0.15, -0.1) is 0 Å². The molecule has 1 atom stereocenters. The Morgan fingerprint density at radius 2 is 1.77 bits per heavy atom. The second-order valence-corrected chi connectivity index (χ2v) is 8.37. The molecule has 1 heterocycles. The first-order valence-corrected chi connectivity index (χ1v) is 11.0. The molecule has 0 aliphatic rings. The Kier molecular flexibility index (Phi) is 6.91. The molecule has 0 bridgehead atoms. The fraction of sp³-hybridized carbons (Fsp3) is 0.143. The molecule has 1 aromatic heterocycles. The van der Waals surface area contributed by atoms with Crippen LogP contribution in [0.15, 0.2) is 77.8 Å². The Morgan fingerprint density at radius 3 is 2.40 bits per heavy atom. The minimum Gasteiger partial charge on any atom is -0.479 e. The van der Waals surface area contributed by atoms with Gasteiger partial charge in [0.25, 0.3) is 15.9 Å². The van der Waals surface area contributed by atoms with Crippen LogP contribution in [0, 0.1) is 0 Å². The molecule has 0 saturated heterocycles. The van der Waals surface area contributed by atoms with Gasteiger partial charge in [-0.05, 0) is 55.0 Å². The number of halogens is 1. The number of aromatic nitrogens is 1. The van der Waals surface area contributed by atoms with E-state index in [1.807, 2.05) is 6.92 Å². The van der Waals surface area contributed by atoms with E-state index in [0.717, 1.165) is 0 Å². The standard InChI is InChI=1S/C21H20ClN3O4S/c1-2-18(29-19-8-4-3-7-17(19)22)21(26)24-15-10-12-16(13-11-15)30(27,28)25-20-9-5-6-14-23-20/h3-14,18H,2H2,1H3,(H,23,25)(H,24,26)/t18-/m1/s1. The smallest absolute Gasteiger partial charge is 0.265 e. The first kappa shape index (κ1) is 21.6. The number of pyridine rings is 1. The molecule has 2 aromatic carbocycles. The van der Waals surface area contributed by atoms with E-state index in [-0.39, 0.29) is 16.6 Å². The highest BCUT2D eigenvalue weighted by molar-refractivity contribution is 7.92. The van der Waals surface area contributed by atoms with Gasteiger partial charge in [-0.2, -0.15) is 0 Å². The third kappa shape index (κ3) is 5.49. The maximum Gasteiger partial charge on any atom is 0.265 e. The Hall–Kier alpha value is -3.10. The van der Waals surface area contributed by atoms with E-state index in [0.29, 0.717) is 22.9 Å². The Morgan fingerprint density at radius 1 is 1.07 bits per heavy atom. The summed E-state index contributed by atoms with van der Waals surface area (Å²) in [5, 5.41) is 3.14. The molecule has 0 aliphatic heterocycles. The zero-order valence-electron chi connectivity index (χ0n) is 16.1. The van der Waals surface area contributed by atoms with Crippen LogP contribution in [-0.2, 0) is 14.8 Å². The summed E-state index contributed by atoms with van der Waals surface area (Å²) in [5.74, 6) is 0.278. The van der Waals surface area contributed by atoms with Crippen LogP contribution in [0.3, 0.4) is 0 Å². The van der Waals surface area contributed by atoms with Gasteiger partial charge in [-0.3, -0.25) is 9.52 Å². The number of nitrogens with zero attached hydrogens (tertiary/aromatic N) is 1. The van der Waals surface area contributed by atoms with Crippen molar-refractivity contribution in [2.45, 2.75) is 24.3 Å². The molecule has 0 spiro atoms. The van der Waals surface area contributed by atoms with Crippen molar-refractivity contribution in [3.8, 4) is 5.75 Å². The van der Waals surface area contributed by atoms with Crippen LogP contribution >= 0.6 is 11.6 Å². The van der Waals surface area contributed by atoms with Gasteiger partial charge in [0.15, 0.2) is 6.10 Å². The summed E-state index contributed by atoms with van der Waals surface area (Å²) >= 11 is 6.08. The van der Waals surface area contributed by atoms with Crippen LogP contribution in [-0.4, -0.2) is 25.4 Å². The van der Waals surface area contributed by atoms with Crippen molar-refractivity contribution < 1.29 is 17.9 Å². The van der Waals surface area contributed by atoms with Gasteiger partial charge in [0.2, 0.25) is 0 Å². The number of sulfonamides is 1. The van der Waals surface area contributed by atoms with Crippen LogP contribution in [0.25, 0.3) is 0 Å². The summed E-state index contributed by atoms with van der Waals surface area (Å²) in [6, 6.07) is 17.6. The van der Waals surface area contributed by atoms with Gasteiger partial charge in [0, 0.05) is 11.9 Å². The number of ether oxygens (including phenoxy) is 1. The number of anilines is 2. The zero-order chi connectivity index (χ0) is 21.6. The first-order valence-electron chi connectivity index (χ1n) is 9.15. The molecule has 9 heteroatoms. The summed E-state index contributed by atoms with van der Waals surface area (Å²) in [6.45, 7) is 1.82. The molecular formula is C21H20ClN3O4S. The van der Waals surface area contributed by atoms with Crippen molar-refractivity contribution in [1.29, 1.82) is 0 Å². The molecule has 1 amide bonds. The highest BCUT2D eigenvalue weighted by Gasteiger charge is 2.20. The van der Waals surface area contributed by atoms with Gasteiger partial charge >= 0.3 is 0 Å². The lowest BCUT2D eigenvalue weighted by Gasteiger charge is -2.18. The minimum atomic E-state index is -3.79. The SMILES string of the molecule is CC[C@@H](Oc1ccccc1Cl)C(=O)Nc1ccc(S(=O)(=O)Nc2ccccn2)cc1. The number of carbonyl (C=O) groups excluding carboxylic acids is 1. The van der Waals surface area contributed by atoms with Crippen LogP contribution in [0.5, 0.6) is 5.75 Å². The second-order valence-electron chi connectivity index (χ2n) is 6.28. The van der Waals surface area contributed by atoms with E-state index in [2.05, 4.69) is 15.0 Å². The summed E-state index contributed by atoms with van der Waals surface area (Å²) in [7, 11) is -3.79. The molecule has 0 fully saturated rings. The molecule has 3 aromatic rings. The van der Waals surface area contributed by atoms with Crippen LogP contribution in [0.4, 0.5) is 11.5 Å². The van der Waals surface area contributed by atoms with Crippen LogP contribution in [0.2, 0.25) is 5.02 Å². The largest absolute Gasteiger partial charge is 0.479 e. The van der Waals surface area contributed by atoms with E-state index in [4.69, 9.17) is 16.3 Å². The summed E-state index contributed by atoms with van der Waals surface area (Å²) in [4.78, 5) is 16.6. The van der Waals surface area contributed by atoms with Crippen molar-refractivity contribution in [3.05, 3.63) is 77.9 Å². The molecular weight excluding hydrogens is 426 g/mol. The van der Waals surface area contributed by atoms with Gasteiger partial charge in [0.05, 0.1) is 9.92 Å². The lowest BCUT2D eigenvalue weighted by Crippen LogP contribution is -2.32. The molecule has 2 N–H and O–H groups in total. The number of amides is 1. The van der Waals surface area contributed by atoms with Crippen molar-refractivity contribution in [2.75, 3.05) is 10.0 Å². The monoisotopic (exact) mass is 445 g/mol. The number of hydrogen-bond acceptors (Lipinski definition) is 5. The third-order valence-electron chi connectivity index (χ3n) is 4.11. The lowest BCUT2D eigenvalue weighted by molar-refractivity contribution is -0.122. The Balaban J connectivity index is 1.67. The minimum absolute atomic E-state index is 0.0468. The fourth-order valence-electron chi connectivity index (χ4n) is 2.58. The summed E-state index contributed by atoms with van der Waals surface area (Å²) in [6.07, 6.45) is 1.17. The first-order chi connectivity index (χ1) is 14.4. The number of hydrogen-bond donors (Lipinski definition) is 2. The van der Waals surface area contributed by atoms with E-state index >= 15 is 0 Å². The lowest BCUT2D eigenvalue weighted by atomic mass is 10.2. The van der Waals surface area contributed by atoms with E-state index in [9.17, 15) is 13.2 Å². The van der Waals surface area contributed by atoms with Crippen molar-refractivity contribution in [3.63, 3.8) is 0 Å². The normalized spacial score (nSPS) is 12.1. The molecule has 0 radical (unpaired) electrons. The quantitative estimate of drug-likeness (QED) is 0.537. The van der Waals surface area contributed by atoms with Gasteiger partial charge in [-0.25, -0.2) is 13.4 Å². The third-order valence-corrected chi connectivity index (χ3v) is 5.79. The number of benzene rings is 2. The molecule has 0 unspecified atom stereocenters. The Labute approximate surface area is 180 Å². The highest BCUT2D eigenvalue weighted by atomic mass is 35.5. The number of rotatable bonds is 8. The fourth-order valence-corrected chi connectivity index (χ4v) is 3.76. The Bertz CT molecular complexity index is 1110. The molecule has 30 heavy (non-hydrogen) atoms. The average Bonchev–Trinajstić information content (AvgIpc) is 2.74. The van der Waals surface area contributed by atoms with E-state index in [1.54, 1.807) is 42.5 Å². The molecule has 7 nitrogen and oxygen atoms in total. The molecule has 156 valence electrons. The number of para-hydroxylation sites is 1.